The van der Waals surface area contributed by atoms with Gasteiger partial charge in [-0.3, -0.25) is 4.79 Å². The smallest absolute Gasteiger partial charge is 0.323 e. The fourth-order valence-corrected chi connectivity index (χ4v) is 3.42. The molecule has 1 unspecified atom stereocenters. The summed E-state index contributed by atoms with van der Waals surface area (Å²) in [7, 11) is -3.80. The average molecular weight is 308 g/mol. The fraction of sp³-hybridized carbons (Fsp3) is 0.923. The van der Waals surface area contributed by atoms with Crippen molar-refractivity contribution in [1.29, 1.82) is 0 Å². The average Bonchev–Trinajstić information content (AvgIpc) is 2.36. The number of carbonyl (C=O) groups is 1. The Morgan fingerprint density at radius 2 is 1.60 bits per heavy atom. The number of aliphatic carboxylic acids is 1. The first-order valence-corrected chi connectivity index (χ1v) is 8.61. The van der Waals surface area contributed by atoms with Gasteiger partial charge in [0.15, 0.2) is 5.25 Å². The number of hydrogen-bond donors (Lipinski definition) is 1. The predicted molar refractivity (Wildman–Crippen MR) is 80.2 cm³/mol. The molecule has 6 nitrogen and oxygen atoms in total. The molecule has 7 heteroatoms. The number of carboxylic acid groups (broad SMARTS) is 1. The fourth-order valence-electron chi connectivity index (χ4n) is 1.87. The third-order valence-electron chi connectivity index (χ3n) is 3.28. The largest absolute Gasteiger partial charge is 0.480 e. The Hall–Kier alpha value is -0.660. The van der Waals surface area contributed by atoms with Gasteiger partial charge < -0.3 is 10.0 Å². The third kappa shape index (κ3) is 5.76. The Labute approximate surface area is 122 Å². The molecule has 120 valence electrons. The van der Waals surface area contributed by atoms with Crippen molar-refractivity contribution in [3.8, 4) is 0 Å². The van der Waals surface area contributed by atoms with Crippen LogP contribution in [0.15, 0.2) is 0 Å². The first kappa shape index (κ1) is 19.3. The number of sulfonamides is 1. The van der Waals surface area contributed by atoms with Crippen LogP contribution in [0.25, 0.3) is 0 Å². The summed E-state index contributed by atoms with van der Waals surface area (Å²) >= 11 is 0. The second-order valence-corrected chi connectivity index (χ2v) is 7.56. The number of hydrogen-bond acceptors (Lipinski definition) is 4. The molecule has 0 aromatic rings. The second kappa shape index (κ2) is 8.59. The Morgan fingerprint density at radius 1 is 1.10 bits per heavy atom. The predicted octanol–water partition coefficient (Wildman–Crippen LogP) is 1.09. The Balaban J connectivity index is 5.01. The van der Waals surface area contributed by atoms with Crippen molar-refractivity contribution < 1.29 is 18.3 Å². The van der Waals surface area contributed by atoms with Crippen molar-refractivity contribution in [2.45, 2.75) is 39.9 Å². The van der Waals surface area contributed by atoms with Gasteiger partial charge in [-0.05, 0) is 25.9 Å². The van der Waals surface area contributed by atoms with Crippen LogP contribution < -0.4 is 0 Å². The molecule has 0 aliphatic heterocycles. The van der Waals surface area contributed by atoms with E-state index >= 15 is 0 Å². The second-order valence-electron chi connectivity index (χ2n) is 5.30. The van der Waals surface area contributed by atoms with Gasteiger partial charge in [0.2, 0.25) is 10.0 Å². The van der Waals surface area contributed by atoms with Crippen LogP contribution in [0.3, 0.4) is 0 Å². The van der Waals surface area contributed by atoms with Gasteiger partial charge in [-0.2, -0.15) is 4.31 Å². The third-order valence-corrected chi connectivity index (χ3v) is 5.43. The summed E-state index contributed by atoms with van der Waals surface area (Å²) in [6.45, 7) is 12.1. The molecule has 0 heterocycles. The zero-order chi connectivity index (χ0) is 15.9. The highest BCUT2D eigenvalue weighted by atomic mass is 32.2. The topological polar surface area (TPSA) is 77.9 Å². The molecule has 0 radical (unpaired) electrons. The van der Waals surface area contributed by atoms with Gasteiger partial charge in [-0.1, -0.05) is 27.7 Å². The van der Waals surface area contributed by atoms with E-state index < -0.39 is 21.2 Å². The minimum Gasteiger partial charge on any atom is -0.480 e. The molecule has 1 N–H and O–H groups in total. The van der Waals surface area contributed by atoms with E-state index in [1.165, 1.54) is 11.2 Å². The lowest BCUT2D eigenvalue weighted by Gasteiger charge is -2.28. The minimum absolute atomic E-state index is 0.155. The minimum atomic E-state index is -3.80. The zero-order valence-corrected chi connectivity index (χ0v) is 14.0. The summed E-state index contributed by atoms with van der Waals surface area (Å²) in [6.07, 6.45) is 0. The maximum Gasteiger partial charge on any atom is 0.323 e. The lowest BCUT2D eigenvalue weighted by atomic mass is 10.2. The molecule has 0 bridgehead atoms. The van der Waals surface area contributed by atoms with Crippen LogP contribution in [0.5, 0.6) is 0 Å². The van der Waals surface area contributed by atoms with Crippen LogP contribution in [0.1, 0.15) is 34.6 Å². The summed E-state index contributed by atoms with van der Waals surface area (Å²) in [5.41, 5.74) is 0. The molecule has 0 aliphatic rings. The van der Waals surface area contributed by atoms with Gasteiger partial charge in [-0.15, -0.1) is 0 Å². The molecule has 0 rings (SSSR count). The molecule has 0 fully saturated rings. The van der Waals surface area contributed by atoms with Gasteiger partial charge in [0.25, 0.3) is 0 Å². The molecule has 0 aliphatic carbocycles. The van der Waals surface area contributed by atoms with Crippen molar-refractivity contribution in [2.75, 3.05) is 32.7 Å². The molecule has 0 aromatic carbocycles. The van der Waals surface area contributed by atoms with E-state index in [-0.39, 0.29) is 5.92 Å². The van der Waals surface area contributed by atoms with Crippen molar-refractivity contribution in [1.82, 2.24) is 9.21 Å². The van der Waals surface area contributed by atoms with Crippen LogP contribution in [0.4, 0.5) is 0 Å². The Kier molecular flexibility index (Phi) is 8.30. The summed E-state index contributed by atoms with van der Waals surface area (Å²) in [4.78, 5) is 13.1. The van der Waals surface area contributed by atoms with E-state index in [2.05, 4.69) is 4.90 Å². The number of carboxylic acids is 1. The zero-order valence-electron chi connectivity index (χ0n) is 13.2. The normalized spacial score (nSPS) is 14.2. The number of rotatable bonds is 10. The molecule has 1 atom stereocenters. The first-order chi connectivity index (χ1) is 9.16. The van der Waals surface area contributed by atoms with Gasteiger partial charge in [0, 0.05) is 19.6 Å². The molecular weight excluding hydrogens is 280 g/mol. The molecule has 0 saturated heterocycles. The van der Waals surface area contributed by atoms with E-state index in [0.29, 0.717) is 19.6 Å². The summed E-state index contributed by atoms with van der Waals surface area (Å²) in [5, 5.41) is 7.55. The van der Waals surface area contributed by atoms with Gasteiger partial charge >= 0.3 is 5.97 Å². The summed E-state index contributed by atoms with van der Waals surface area (Å²) < 4.78 is 26.0. The van der Waals surface area contributed by atoms with E-state index in [1.54, 1.807) is 0 Å². The van der Waals surface area contributed by atoms with Crippen molar-refractivity contribution in [3.05, 3.63) is 0 Å². The Bertz CT molecular complexity index is 391. The lowest BCUT2D eigenvalue weighted by molar-refractivity contribution is -0.136. The van der Waals surface area contributed by atoms with Crippen molar-refractivity contribution in [2.24, 2.45) is 5.92 Å². The van der Waals surface area contributed by atoms with Crippen LogP contribution >= 0.6 is 0 Å². The molecular formula is C13H28N2O4S. The standard InChI is InChI=1S/C13H28N2O4S/c1-6-14(7-2)8-9-15(10-11(3)4)20(18,19)12(5)13(16)17/h11-12H,6-10H2,1-5H3,(H,16,17). The van der Waals surface area contributed by atoms with Crippen LogP contribution in [0.2, 0.25) is 0 Å². The molecule has 0 spiro atoms. The quantitative estimate of drug-likeness (QED) is 0.653. The first-order valence-electron chi connectivity index (χ1n) is 7.10. The van der Waals surface area contributed by atoms with Crippen LogP contribution in [-0.2, 0) is 14.8 Å². The molecule has 20 heavy (non-hydrogen) atoms. The molecule has 0 amide bonds. The molecule has 0 saturated carbocycles. The molecule has 0 aromatic heterocycles. The maximum atomic E-state index is 12.3. The van der Waals surface area contributed by atoms with Gasteiger partial charge in [-0.25, -0.2) is 8.42 Å². The van der Waals surface area contributed by atoms with E-state index in [9.17, 15) is 13.2 Å². The van der Waals surface area contributed by atoms with Crippen molar-refractivity contribution in [3.63, 3.8) is 0 Å². The summed E-state index contributed by atoms with van der Waals surface area (Å²) in [5.74, 6) is -1.15. The number of nitrogens with zero attached hydrogens (tertiary/aromatic N) is 2. The van der Waals surface area contributed by atoms with E-state index in [4.69, 9.17) is 5.11 Å². The van der Waals surface area contributed by atoms with Crippen LogP contribution in [-0.4, -0.2) is 66.7 Å². The van der Waals surface area contributed by atoms with Gasteiger partial charge in [0.1, 0.15) is 0 Å². The highest BCUT2D eigenvalue weighted by Gasteiger charge is 2.34. The monoisotopic (exact) mass is 308 g/mol. The van der Waals surface area contributed by atoms with Crippen LogP contribution in [0, 0.1) is 5.92 Å². The highest BCUT2D eigenvalue weighted by Crippen LogP contribution is 2.12. The SMILES string of the molecule is CCN(CC)CCN(CC(C)C)S(=O)(=O)C(C)C(=O)O. The summed E-state index contributed by atoms with van der Waals surface area (Å²) in [6, 6.07) is 0. The van der Waals surface area contributed by atoms with Crippen molar-refractivity contribution >= 4 is 16.0 Å². The Morgan fingerprint density at radius 3 is 1.95 bits per heavy atom. The van der Waals surface area contributed by atoms with E-state index in [1.807, 2.05) is 27.7 Å². The highest BCUT2D eigenvalue weighted by molar-refractivity contribution is 7.90. The number of likely N-dealkylation sites (N-methyl/N-ethyl adjacent to an activating group) is 1. The van der Waals surface area contributed by atoms with Gasteiger partial charge in [0.05, 0.1) is 0 Å². The maximum absolute atomic E-state index is 12.3. The lowest BCUT2D eigenvalue weighted by Crippen LogP contribution is -2.46. The van der Waals surface area contributed by atoms with E-state index in [0.717, 1.165) is 13.1 Å².